The molecule has 3 rings (SSSR count). The Hall–Kier alpha value is -1.89. The van der Waals surface area contributed by atoms with Crippen molar-refractivity contribution < 1.29 is 18.3 Å². The molecule has 134 valence electrons. The molecule has 6 heteroatoms. The van der Waals surface area contributed by atoms with Crippen molar-refractivity contribution in [3.05, 3.63) is 59.7 Å². The molecule has 0 heterocycles. The highest BCUT2D eigenvalue weighted by atomic mass is 32.2. The van der Waals surface area contributed by atoms with Crippen LogP contribution in [0.5, 0.6) is 5.75 Å². The maximum atomic E-state index is 12.5. The van der Waals surface area contributed by atoms with Gasteiger partial charge in [0.15, 0.2) is 0 Å². The predicted molar refractivity (Wildman–Crippen MR) is 96.2 cm³/mol. The quantitative estimate of drug-likeness (QED) is 0.828. The van der Waals surface area contributed by atoms with Gasteiger partial charge in [0.1, 0.15) is 5.75 Å². The summed E-state index contributed by atoms with van der Waals surface area (Å²) in [5.74, 6) is 0.629. The lowest BCUT2D eigenvalue weighted by Crippen LogP contribution is -2.46. The predicted octanol–water partition coefficient (Wildman–Crippen LogP) is 2.28. The van der Waals surface area contributed by atoms with Crippen molar-refractivity contribution in [3.8, 4) is 5.75 Å². The number of hydrogen-bond donors (Lipinski definition) is 2. The van der Waals surface area contributed by atoms with Crippen LogP contribution in [0.1, 0.15) is 24.5 Å². The second-order valence-corrected chi connectivity index (χ2v) is 8.17. The summed E-state index contributed by atoms with van der Waals surface area (Å²) in [5.41, 5.74) is 1.24. The van der Waals surface area contributed by atoms with Gasteiger partial charge in [0.2, 0.25) is 10.0 Å². The molecule has 0 saturated heterocycles. The maximum Gasteiger partial charge on any atom is 0.240 e. The zero-order valence-electron chi connectivity index (χ0n) is 14.2. The molecule has 0 fully saturated rings. The summed E-state index contributed by atoms with van der Waals surface area (Å²) in [4.78, 5) is 0.163. The number of aliphatic hydroxyl groups is 1. The average molecular weight is 361 g/mol. The minimum Gasteiger partial charge on any atom is -0.494 e. The lowest BCUT2D eigenvalue weighted by atomic mass is 9.80. The number of hydrogen-bond acceptors (Lipinski definition) is 4. The van der Waals surface area contributed by atoms with Crippen LogP contribution in [0, 0.1) is 0 Å². The second kappa shape index (κ2) is 7.15. The molecule has 1 aliphatic carbocycles. The molecule has 0 radical (unpaired) electrons. The first-order chi connectivity index (χ1) is 11.9. The fourth-order valence-corrected chi connectivity index (χ4v) is 4.25. The molecule has 2 aromatic carbocycles. The minimum absolute atomic E-state index is 0.00310. The van der Waals surface area contributed by atoms with Gasteiger partial charge in [0, 0.05) is 13.0 Å². The third-order valence-corrected chi connectivity index (χ3v) is 5.95. The van der Waals surface area contributed by atoms with Crippen LogP contribution in [0.15, 0.2) is 53.4 Å². The Kier molecular flexibility index (Phi) is 5.13. The van der Waals surface area contributed by atoms with E-state index < -0.39 is 15.6 Å². The molecule has 0 aromatic heterocycles. The standard InChI is InChI=1S/C19H23NO4S/c1-2-24-17-7-9-18(10-8-17)25(22,23)20-14-19(21)12-11-15-5-3-4-6-16(15)13-19/h3-10,20-21H,2,11-14H2,1H3. The SMILES string of the molecule is CCOc1ccc(S(=O)(=O)NCC2(O)CCc3ccccc3C2)cc1. The van der Waals surface area contributed by atoms with Gasteiger partial charge in [0.05, 0.1) is 17.1 Å². The van der Waals surface area contributed by atoms with Crippen LogP contribution in [-0.4, -0.2) is 32.3 Å². The number of benzene rings is 2. The highest BCUT2D eigenvalue weighted by molar-refractivity contribution is 7.89. The molecule has 0 spiro atoms. The van der Waals surface area contributed by atoms with Gasteiger partial charge in [0.25, 0.3) is 0 Å². The van der Waals surface area contributed by atoms with Gasteiger partial charge >= 0.3 is 0 Å². The van der Waals surface area contributed by atoms with Crippen LogP contribution in [0.25, 0.3) is 0 Å². The van der Waals surface area contributed by atoms with Gasteiger partial charge in [-0.15, -0.1) is 0 Å². The van der Waals surface area contributed by atoms with Crippen molar-refractivity contribution >= 4 is 10.0 Å². The van der Waals surface area contributed by atoms with Gasteiger partial charge in [-0.2, -0.15) is 0 Å². The summed E-state index contributed by atoms with van der Waals surface area (Å²) >= 11 is 0. The number of sulfonamides is 1. The summed E-state index contributed by atoms with van der Waals surface area (Å²) < 4.78 is 32.8. The number of fused-ring (bicyclic) bond motifs is 1. The van der Waals surface area contributed by atoms with Gasteiger partial charge in [-0.05, 0) is 55.2 Å². The highest BCUT2D eigenvalue weighted by Gasteiger charge is 2.33. The van der Waals surface area contributed by atoms with Gasteiger partial charge < -0.3 is 9.84 Å². The third-order valence-electron chi connectivity index (χ3n) is 4.53. The second-order valence-electron chi connectivity index (χ2n) is 6.40. The summed E-state index contributed by atoms with van der Waals surface area (Å²) in [6, 6.07) is 14.2. The lowest BCUT2D eigenvalue weighted by Gasteiger charge is -2.33. The minimum atomic E-state index is -3.67. The molecule has 2 N–H and O–H groups in total. The molecule has 1 unspecified atom stereocenters. The molecule has 0 aliphatic heterocycles. The van der Waals surface area contributed by atoms with E-state index in [2.05, 4.69) is 10.8 Å². The average Bonchev–Trinajstić information content (AvgIpc) is 2.61. The van der Waals surface area contributed by atoms with Crippen LogP contribution < -0.4 is 9.46 Å². The fraction of sp³-hybridized carbons (Fsp3) is 0.368. The number of aryl methyl sites for hydroxylation is 1. The van der Waals surface area contributed by atoms with Gasteiger partial charge in [-0.25, -0.2) is 13.1 Å². The summed E-state index contributed by atoms with van der Waals surface area (Å²) in [6.07, 6.45) is 1.74. The summed E-state index contributed by atoms with van der Waals surface area (Å²) in [5, 5.41) is 10.8. The maximum absolute atomic E-state index is 12.5. The monoisotopic (exact) mass is 361 g/mol. The Morgan fingerprint density at radius 1 is 1.12 bits per heavy atom. The molecule has 0 bridgehead atoms. The Bertz CT molecular complexity index is 833. The van der Waals surface area contributed by atoms with E-state index in [1.54, 1.807) is 12.1 Å². The van der Waals surface area contributed by atoms with Crippen molar-refractivity contribution in [1.82, 2.24) is 4.72 Å². The molecule has 1 atom stereocenters. The van der Waals surface area contributed by atoms with E-state index in [1.165, 1.54) is 17.7 Å². The Morgan fingerprint density at radius 2 is 1.80 bits per heavy atom. The first-order valence-corrected chi connectivity index (χ1v) is 9.92. The number of ether oxygens (including phenoxy) is 1. The van der Waals surface area contributed by atoms with Crippen LogP contribution >= 0.6 is 0 Å². The first kappa shape index (κ1) is 17.9. The molecule has 0 saturated carbocycles. The number of rotatable bonds is 6. The third kappa shape index (κ3) is 4.21. The fourth-order valence-electron chi connectivity index (χ4n) is 3.13. The van der Waals surface area contributed by atoms with E-state index in [4.69, 9.17) is 4.74 Å². The molecule has 2 aromatic rings. The van der Waals surface area contributed by atoms with Crippen LogP contribution in [0.3, 0.4) is 0 Å². The molecular weight excluding hydrogens is 338 g/mol. The largest absolute Gasteiger partial charge is 0.494 e. The topological polar surface area (TPSA) is 75.6 Å². The first-order valence-electron chi connectivity index (χ1n) is 8.44. The Labute approximate surface area is 148 Å². The van der Waals surface area contributed by atoms with Gasteiger partial charge in [-0.3, -0.25) is 0 Å². The lowest BCUT2D eigenvalue weighted by molar-refractivity contribution is 0.0317. The van der Waals surface area contributed by atoms with Crippen molar-refractivity contribution in [1.29, 1.82) is 0 Å². The summed E-state index contributed by atoms with van der Waals surface area (Å²) in [6.45, 7) is 2.39. The van der Waals surface area contributed by atoms with Crippen molar-refractivity contribution in [2.75, 3.05) is 13.2 Å². The van der Waals surface area contributed by atoms with E-state index >= 15 is 0 Å². The molecule has 1 aliphatic rings. The molecule has 5 nitrogen and oxygen atoms in total. The van der Waals surface area contributed by atoms with Crippen molar-refractivity contribution in [3.63, 3.8) is 0 Å². The highest BCUT2D eigenvalue weighted by Crippen LogP contribution is 2.28. The van der Waals surface area contributed by atoms with E-state index in [0.717, 1.165) is 12.0 Å². The van der Waals surface area contributed by atoms with Crippen molar-refractivity contribution in [2.45, 2.75) is 36.7 Å². The van der Waals surface area contributed by atoms with Crippen molar-refractivity contribution in [2.24, 2.45) is 0 Å². The van der Waals surface area contributed by atoms with E-state index in [9.17, 15) is 13.5 Å². The van der Waals surface area contributed by atoms with E-state index in [0.29, 0.717) is 25.2 Å². The zero-order valence-corrected chi connectivity index (χ0v) is 15.1. The smallest absolute Gasteiger partial charge is 0.240 e. The van der Waals surface area contributed by atoms with Crippen LogP contribution in [0.4, 0.5) is 0 Å². The van der Waals surface area contributed by atoms with E-state index in [-0.39, 0.29) is 11.4 Å². The Balaban J connectivity index is 1.68. The molecular formula is C19H23NO4S. The van der Waals surface area contributed by atoms with Gasteiger partial charge in [-0.1, -0.05) is 24.3 Å². The summed E-state index contributed by atoms with van der Waals surface area (Å²) in [7, 11) is -3.67. The normalized spacial score (nSPS) is 20.1. The van der Waals surface area contributed by atoms with E-state index in [1.807, 2.05) is 25.1 Å². The number of nitrogens with one attached hydrogen (secondary N) is 1. The van der Waals surface area contributed by atoms with Crippen LogP contribution in [0.2, 0.25) is 0 Å². The Morgan fingerprint density at radius 3 is 2.48 bits per heavy atom. The molecule has 0 amide bonds. The zero-order chi connectivity index (χ0) is 17.9. The molecule has 25 heavy (non-hydrogen) atoms. The van der Waals surface area contributed by atoms with Crippen LogP contribution in [-0.2, 0) is 22.9 Å².